The van der Waals surface area contributed by atoms with Crippen LogP contribution in [0.3, 0.4) is 0 Å². The summed E-state index contributed by atoms with van der Waals surface area (Å²) in [6, 6.07) is 9.24. The van der Waals surface area contributed by atoms with Gasteiger partial charge in [-0.3, -0.25) is 4.31 Å². The van der Waals surface area contributed by atoms with Crippen LogP contribution in [0.15, 0.2) is 24.3 Å². The molecule has 0 radical (unpaired) electrons. The van der Waals surface area contributed by atoms with E-state index in [0.29, 0.717) is 6.54 Å². The molecule has 0 spiro atoms. The van der Waals surface area contributed by atoms with Crippen molar-refractivity contribution in [2.24, 2.45) is 0 Å². The number of fused-ring (bicyclic) bond motifs is 1. The summed E-state index contributed by atoms with van der Waals surface area (Å²) < 4.78 is 25.4. The van der Waals surface area contributed by atoms with E-state index in [4.69, 9.17) is 5.26 Å². The Kier molecular flexibility index (Phi) is 3.34. The largest absolute Gasteiger partial charge is 0.269 e. The highest BCUT2D eigenvalue weighted by atomic mass is 32.2. The average molecular weight is 250 g/mol. The van der Waals surface area contributed by atoms with Gasteiger partial charge in [-0.25, -0.2) is 8.42 Å². The highest BCUT2D eigenvalue weighted by molar-refractivity contribution is 7.93. The van der Waals surface area contributed by atoms with Crippen molar-refractivity contribution >= 4 is 15.7 Å². The van der Waals surface area contributed by atoms with Gasteiger partial charge in [0, 0.05) is 6.54 Å². The van der Waals surface area contributed by atoms with Gasteiger partial charge in [-0.15, -0.1) is 0 Å². The molecule has 4 nitrogen and oxygen atoms in total. The molecular weight excluding hydrogens is 236 g/mol. The fraction of sp³-hybridized carbons (Fsp3) is 0.417. The molecule has 17 heavy (non-hydrogen) atoms. The molecule has 1 heterocycles. The van der Waals surface area contributed by atoms with Crippen molar-refractivity contribution in [1.29, 1.82) is 5.26 Å². The first-order chi connectivity index (χ1) is 8.15. The van der Waals surface area contributed by atoms with Gasteiger partial charge in [0.15, 0.2) is 5.75 Å². The predicted molar refractivity (Wildman–Crippen MR) is 66.1 cm³/mol. The molecule has 1 aromatic carbocycles. The lowest BCUT2D eigenvalue weighted by Gasteiger charge is -2.23. The Hall–Kier alpha value is -1.54. The first-order valence-electron chi connectivity index (χ1n) is 5.60. The molecule has 1 aliphatic heterocycles. The fourth-order valence-electron chi connectivity index (χ4n) is 2.11. The second-order valence-corrected chi connectivity index (χ2v) is 5.97. The van der Waals surface area contributed by atoms with E-state index < -0.39 is 15.8 Å². The van der Waals surface area contributed by atoms with Crippen molar-refractivity contribution in [3.8, 4) is 6.07 Å². The van der Waals surface area contributed by atoms with Gasteiger partial charge in [-0.2, -0.15) is 5.26 Å². The number of sulfonamides is 1. The van der Waals surface area contributed by atoms with Gasteiger partial charge in [0.2, 0.25) is 10.0 Å². The lowest BCUT2D eigenvalue weighted by Crippen LogP contribution is -2.33. The van der Waals surface area contributed by atoms with Crippen LogP contribution in [0.1, 0.15) is 18.4 Å². The third kappa shape index (κ3) is 2.42. The second kappa shape index (κ2) is 4.76. The quantitative estimate of drug-likeness (QED) is 0.802. The third-order valence-electron chi connectivity index (χ3n) is 2.90. The molecular formula is C12H14N2O2S. The molecule has 1 aromatic rings. The zero-order valence-electron chi connectivity index (χ0n) is 9.46. The molecule has 1 aliphatic rings. The van der Waals surface area contributed by atoms with Gasteiger partial charge in [0.1, 0.15) is 0 Å². The zero-order valence-corrected chi connectivity index (χ0v) is 10.3. The topological polar surface area (TPSA) is 61.2 Å². The molecule has 0 amide bonds. The van der Waals surface area contributed by atoms with Crippen LogP contribution in [0, 0.1) is 11.3 Å². The molecule has 0 fully saturated rings. The van der Waals surface area contributed by atoms with Gasteiger partial charge in [0.25, 0.3) is 0 Å². The van der Waals surface area contributed by atoms with Crippen LogP contribution in [0.5, 0.6) is 0 Å². The molecule has 90 valence electrons. The fourth-order valence-corrected chi connectivity index (χ4v) is 3.31. The van der Waals surface area contributed by atoms with Crippen molar-refractivity contribution in [3.63, 3.8) is 0 Å². The molecule has 0 unspecified atom stereocenters. The number of nitrogens with zero attached hydrogens (tertiary/aromatic N) is 2. The highest BCUT2D eigenvalue weighted by Crippen LogP contribution is 2.28. The monoisotopic (exact) mass is 250 g/mol. The summed E-state index contributed by atoms with van der Waals surface area (Å²) in [5, 5.41) is 8.59. The smallest absolute Gasteiger partial charge is 0.248 e. The summed E-state index contributed by atoms with van der Waals surface area (Å²) in [5.74, 6) is -0.457. The number of benzene rings is 1. The standard InChI is InChI=1S/C12H14N2O2S/c13-8-10-17(15,16)14-9-4-3-6-11-5-1-2-7-12(11)14/h1-2,5,7H,3-4,6,9-10H2. The van der Waals surface area contributed by atoms with E-state index >= 15 is 0 Å². The molecule has 0 aliphatic carbocycles. The third-order valence-corrected chi connectivity index (χ3v) is 4.45. The van der Waals surface area contributed by atoms with E-state index in [1.54, 1.807) is 6.07 Å². The summed E-state index contributed by atoms with van der Waals surface area (Å²) in [5.41, 5.74) is 1.78. The second-order valence-electron chi connectivity index (χ2n) is 4.07. The number of nitriles is 1. The molecule has 0 N–H and O–H groups in total. The van der Waals surface area contributed by atoms with Gasteiger partial charge in [-0.05, 0) is 30.9 Å². The van der Waals surface area contributed by atoms with E-state index in [1.165, 1.54) is 4.31 Å². The SMILES string of the molecule is N#CCS(=O)(=O)N1CCCCc2ccccc21. The summed E-state index contributed by atoms with van der Waals surface area (Å²) in [7, 11) is -3.50. The van der Waals surface area contributed by atoms with Crippen LogP contribution in [-0.2, 0) is 16.4 Å². The number of rotatable bonds is 2. The summed E-state index contributed by atoms with van der Waals surface area (Å²) in [6.07, 6.45) is 2.71. The first-order valence-corrected chi connectivity index (χ1v) is 7.21. The van der Waals surface area contributed by atoms with Gasteiger partial charge in [-0.1, -0.05) is 18.2 Å². The van der Waals surface area contributed by atoms with Crippen LogP contribution in [0.2, 0.25) is 0 Å². The lowest BCUT2D eigenvalue weighted by atomic mass is 10.1. The zero-order chi connectivity index (χ0) is 12.3. The first kappa shape index (κ1) is 11.9. The number of hydrogen-bond acceptors (Lipinski definition) is 3. The minimum atomic E-state index is -3.50. The number of aryl methyl sites for hydroxylation is 1. The Bertz CT molecular complexity index is 546. The van der Waals surface area contributed by atoms with Crippen LogP contribution >= 0.6 is 0 Å². The van der Waals surface area contributed by atoms with Crippen molar-refractivity contribution in [3.05, 3.63) is 29.8 Å². The summed E-state index contributed by atoms with van der Waals surface area (Å²) >= 11 is 0. The molecule has 0 aromatic heterocycles. The highest BCUT2D eigenvalue weighted by Gasteiger charge is 2.25. The average Bonchev–Trinajstić information content (AvgIpc) is 2.51. The predicted octanol–water partition coefficient (Wildman–Crippen LogP) is 1.68. The van der Waals surface area contributed by atoms with E-state index in [9.17, 15) is 8.42 Å². The van der Waals surface area contributed by atoms with E-state index in [-0.39, 0.29) is 0 Å². The maximum Gasteiger partial charge on any atom is 0.248 e. The normalized spacial score (nSPS) is 15.8. The minimum absolute atomic E-state index is 0.457. The van der Waals surface area contributed by atoms with Gasteiger partial charge >= 0.3 is 0 Å². The maximum absolute atomic E-state index is 12.0. The minimum Gasteiger partial charge on any atom is -0.269 e. The van der Waals surface area contributed by atoms with Crippen LogP contribution < -0.4 is 4.31 Å². The van der Waals surface area contributed by atoms with Crippen molar-refractivity contribution in [1.82, 2.24) is 0 Å². The maximum atomic E-state index is 12.0. The van der Waals surface area contributed by atoms with Crippen LogP contribution in [0.4, 0.5) is 5.69 Å². The number of hydrogen-bond donors (Lipinski definition) is 0. The molecule has 5 heteroatoms. The summed E-state index contributed by atoms with van der Waals surface area (Å²) in [4.78, 5) is 0. The van der Waals surface area contributed by atoms with E-state index in [2.05, 4.69) is 0 Å². The lowest BCUT2D eigenvalue weighted by molar-refractivity contribution is 0.592. The molecule has 2 rings (SSSR count). The van der Waals surface area contributed by atoms with Crippen molar-refractivity contribution in [2.75, 3.05) is 16.6 Å². The van der Waals surface area contributed by atoms with E-state index in [1.807, 2.05) is 24.3 Å². The Morgan fingerprint density at radius 3 is 2.82 bits per heavy atom. The molecule has 0 bridgehead atoms. The summed E-state index contributed by atoms with van der Waals surface area (Å²) in [6.45, 7) is 0.473. The van der Waals surface area contributed by atoms with Gasteiger partial charge in [0.05, 0.1) is 11.8 Å². The van der Waals surface area contributed by atoms with Crippen molar-refractivity contribution < 1.29 is 8.42 Å². The van der Waals surface area contributed by atoms with Crippen molar-refractivity contribution in [2.45, 2.75) is 19.3 Å². The Balaban J connectivity index is 2.46. The molecule has 0 saturated heterocycles. The number of anilines is 1. The molecule has 0 saturated carbocycles. The van der Waals surface area contributed by atoms with Crippen LogP contribution in [-0.4, -0.2) is 20.7 Å². The van der Waals surface area contributed by atoms with Crippen LogP contribution in [0.25, 0.3) is 0 Å². The Morgan fingerprint density at radius 1 is 1.29 bits per heavy atom. The molecule has 0 atom stereocenters. The Morgan fingerprint density at radius 2 is 2.06 bits per heavy atom. The Labute approximate surface area is 102 Å². The van der Waals surface area contributed by atoms with E-state index in [0.717, 1.165) is 30.5 Å². The van der Waals surface area contributed by atoms with Gasteiger partial charge < -0.3 is 0 Å². The number of para-hydroxylation sites is 1.